The van der Waals surface area contributed by atoms with E-state index in [4.69, 9.17) is 14.0 Å². The minimum atomic E-state index is -0.0752. The molecule has 0 spiro atoms. The van der Waals surface area contributed by atoms with E-state index in [-0.39, 0.29) is 17.9 Å². The lowest BCUT2D eigenvalue weighted by atomic mass is 9.86. The van der Waals surface area contributed by atoms with Crippen molar-refractivity contribution >= 4 is 5.91 Å². The molecule has 3 rings (SSSR count). The van der Waals surface area contributed by atoms with Crippen LogP contribution in [0.3, 0.4) is 0 Å². The van der Waals surface area contributed by atoms with Gasteiger partial charge in [0.1, 0.15) is 6.54 Å². The van der Waals surface area contributed by atoms with E-state index in [1.807, 2.05) is 37.3 Å². The number of benzene rings is 2. The van der Waals surface area contributed by atoms with Gasteiger partial charge in [-0.25, -0.2) is 0 Å². The molecule has 0 aliphatic rings. The zero-order valence-electron chi connectivity index (χ0n) is 18.9. The van der Waals surface area contributed by atoms with Gasteiger partial charge in [0.15, 0.2) is 11.5 Å². The number of amides is 1. The van der Waals surface area contributed by atoms with E-state index >= 15 is 0 Å². The van der Waals surface area contributed by atoms with Gasteiger partial charge < -0.3 is 18.9 Å². The van der Waals surface area contributed by atoms with E-state index in [9.17, 15) is 4.79 Å². The van der Waals surface area contributed by atoms with Crippen molar-refractivity contribution < 1.29 is 18.8 Å². The molecule has 0 unspecified atom stereocenters. The smallest absolute Gasteiger partial charge is 0.254 e. The summed E-state index contributed by atoms with van der Waals surface area (Å²) in [6.07, 6.45) is 0. The Kier molecular flexibility index (Phi) is 6.63. The van der Waals surface area contributed by atoms with Crippen molar-refractivity contribution in [3.63, 3.8) is 0 Å². The number of methoxy groups -OCH3 is 2. The highest BCUT2D eigenvalue weighted by Gasteiger charge is 2.20. The largest absolute Gasteiger partial charge is 0.493 e. The third kappa shape index (κ3) is 5.05. The van der Waals surface area contributed by atoms with Crippen LogP contribution in [0.2, 0.25) is 0 Å². The summed E-state index contributed by atoms with van der Waals surface area (Å²) in [5.74, 6) is 1.92. The van der Waals surface area contributed by atoms with Crippen LogP contribution < -0.4 is 9.47 Å². The Balaban J connectivity index is 1.76. The Hall–Kier alpha value is -3.35. The van der Waals surface area contributed by atoms with Gasteiger partial charge in [-0.15, -0.1) is 0 Å². The fourth-order valence-electron chi connectivity index (χ4n) is 3.20. The third-order valence-corrected chi connectivity index (χ3v) is 5.10. The maximum absolute atomic E-state index is 13.0. The van der Waals surface area contributed by atoms with Crippen LogP contribution >= 0.6 is 0 Å². The average Bonchev–Trinajstić information content (AvgIpc) is 3.24. The molecular weight excluding hydrogens is 394 g/mol. The van der Waals surface area contributed by atoms with Gasteiger partial charge in [0.25, 0.3) is 5.91 Å². The lowest BCUT2D eigenvalue weighted by Gasteiger charge is -2.21. The van der Waals surface area contributed by atoms with Gasteiger partial charge in [-0.3, -0.25) is 4.79 Å². The summed E-state index contributed by atoms with van der Waals surface area (Å²) < 4.78 is 16.0. The van der Waals surface area contributed by atoms with E-state index in [1.54, 1.807) is 31.3 Å². The minimum absolute atomic E-state index is 0.0380. The summed E-state index contributed by atoms with van der Waals surface area (Å²) >= 11 is 0. The van der Waals surface area contributed by atoms with E-state index in [0.29, 0.717) is 35.3 Å². The molecule has 0 atom stereocenters. The van der Waals surface area contributed by atoms with E-state index in [2.05, 4.69) is 30.9 Å². The lowest BCUT2D eigenvalue weighted by molar-refractivity contribution is 0.0734. The SMILES string of the molecule is CCN(Cc1nc(-c2ccc(OC)c(OC)c2)no1)C(=O)c1ccc(C(C)(C)C)cc1. The molecular formula is C24H29N3O4. The standard InChI is InChI=1S/C24H29N3O4/c1-7-27(23(28)16-8-11-18(12-9-16)24(2,3)4)15-21-25-22(26-31-21)17-10-13-19(29-5)20(14-17)30-6/h8-14H,7,15H2,1-6H3. The van der Waals surface area contributed by atoms with Crippen molar-refractivity contribution in [1.29, 1.82) is 0 Å². The molecule has 3 aromatic rings. The van der Waals surface area contributed by atoms with E-state index < -0.39 is 0 Å². The molecule has 0 aliphatic carbocycles. The van der Waals surface area contributed by atoms with Crippen molar-refractivity contribution in [3.8, 4) is 22.9 Å². The first kappa shape index (κ1) is 22.3. The van der Waals surface area contributed by atoms with Crippen LogP contribution in [-0.4, -0.2) is 41.7 Å². The van der Waals surface area contributed by atoms with Crippen molar-refractivity contribution in [2.75, 3.05) is 20.8 Å². The molecule has 1 amide bonds. The molecule has 0 bridgehead atoms. The first-order valence-electron chi connectivity index (χ1n) is 10.2. The normalized spacial score (nSPS) is 11.3. The Bertz CT molecular complexity index is 1040. The number of aromatic nitrogens is 2. The number of hydrogen-bond donors (Lipinski definition) is 0. The van der Waals surface area contributed by atoms with Gasteiger partial charge in [-0.1, -0.05) is 38.1 Å². The monoisotopic (exact) mass is 423 g/mol. The molecule has 164 valence electrons. The number of ether oxygens (including phenoxy) is 2. The molecule has 0 radical (unpaired) electrons. The summed E-state index contributed by atoms with van der Waals surface area (Å²) in [6.45, 7) is 9.12. The summed E-state index contributed by atoms with van der Waals surface area (Å²) in [6, 6.07) is 13.1. The molecule has 0 aliphatic heterocycles. The van der Waals surface area contributed by atoms with Crippen LogP contribution in [0.15, 0.2) is 47.0 Å². The molecule has 0 saturated heterocycles. The third-order valence-electron chi connectivity index (χ3n) is 5.10. The van der Waals surface area contributed by atoms with Gasteiger partial charge in [0.2, 0.25) is 11.7 Å². The van der Waals surface area contributed by atoms with Gasteiger partial charge in [-0.2, -0.15) is 4.98 Å². The average molecular weight is 424 g/mol. The number of carbonyl (C=O) groups is 1. The summed E-state index contributed by atoms with van der Waals surface area (Å²) in [7, 11) is 3.15. The fraction of sp³-hybridized carbons (Fsp3) is 0.375. The maximum Gasteiger partial charge on any atom is 0.254 e. The van der Waals surface area contributed by atoms with Crippen molar-refractivity contribution in [2.45, 2.75) is 39.7 Å². The Labute approximate surface area is 183 Å². The zero-order valence-corrected chi connectivity index (χ0v) is 18.9. The summed E-state index contributed by atoms with van der Waals surface area (Å²) in [5.41, 5.74) is 2.59. The predicted molar refractivity (Wildman–Crippen MR) is 118 cm³/mol. The van der Waals surface area contributed by atoms with Gasteiger partial charge in [0.05, 0.1) is 14.2 Å². The summed E-state index contributed by atoms with van der Waals surface area (Å²) in [4.78, 5) is 19.1. The van der Waals surface area contributed by atoms with Crippen molar-refractivity contribution in [2.24, 2.45) is 0 Å². The number of hydrogen-bond acceptors (Lipinski definition) is 6. The zero-order chi connectivity index (χ0) is 22.6. The molecule has 7 heteroatoms. The maximum atomic E-state index is 13.0. The highest BCUT2D eigenvalue weighted by atomic mass is 16.5. The lowest BCUT2D eigenvalue weighted by Crippen LogP contribution is -2.30. The second kappa shape index (κ2) is 9.20. The molecule has 0 N–H and O–H groups in total. The van der Waals surface area contributed by atoms with Crippen molar-refractivity contribution in [3.05, 3.63) is 59.5 Å². The second-order valence-electron chi connectivity index (χ2n) is 8.23. The van der Waals surface area contributed by atoms with Crippen LogP contribution in [0.25, 0.3) is 11.4 Å². The highest BCUT2D eigenvalue weighted by molar-refractivity contribution is 5.94. The van der Waals surface area contributed by atoms with Crippen LogP contribution in [0.5, 0.6) is 11.5 Å². The molecule has 0 saturated carbocycles. The summed E-state index contributed by atoms with van der Waals surface area (Å²) in [5, 5.41) is 4.05. The fourth-order valence-corrected chi connectivity index (χ4v) is 3.20. The predicted octanol–water partition coefficient (Wildman–Crippen LogP) is 4.71. The first-order valence-corrected chi connectivity index (χ1v) is 10.2. The molecule has 0 fully saturated rings. The number of nitrogens with zero attached hydrogens (tertiary/aromatic N) is 3. The van der Waals surface area contributed by atoms with Crippen LogP contribution in [0.1, 0.15) is 49.5 Å². The minimum Gasteiger partial charge on any atom is -0.493 e. The van der Waals surface area contributed by atoms with Crippen LogP contribution in [-0.2, 0) is 12.0 Å². The van der Waals surface area contributed by atoms with Crippen LogP contribution in [0.4, 0.5) is 0 Å². The van der Waals surface area contributed by atoms with Gasteiger partial charge in [0, 0.05) is 17.7 Å². The molecule has 1 heterocycles. The van der Waals surface area contributed by atoms with E-state index in [0.717, 1.165) is 5.56 Å². The molecule has 31 heavy (non-hydrogen) atoms. The Morgan fingerprint density at radius 3 is 2.29 bits per heavy atom. The van der Waals surface area contributed by atoms with Gasteiger partial charge >= 0.3 is 0 Å². The van der Waals surface area contributed by atoms with Crippen LogP contribution in [0, 0.1) is 0 Å². The van der Waals surface area contributed by atoms with Crippen molar-refractivity contribution in [1.82, 2.24) is 15.0 Å². The first-order chi connectivity index (χ1) is 14.8. The Morgan fingerprint density at radius 1 is 1.03 bits per heavy atom. The molecule has 7 nitrogen and oxygen atoms in total. The Morgan fingerprint density at radius 2 is 1.71 bits per heavy atom. The van der Waals surface area contributed by atoms with E-state index in [1.165, 1.54) is 5.56 Å². The number of rotatable bonds is 7. The van der Waals surface area contributed by atoms with Gasteiger partial charge in [-0.05, 0) is 48.2 Å². The molecule has 2 aromatic carbocycles. The highest BCUT2D eigenvalue weighted by Crippen LogP contribution is 2.31. The quantitative estimate of drug-likeness (QED) is 0.547. The molecule has 1 aromatic heterocycles. The topological polar surface area (TPSA) is 77.7 Å². The second-order valence-corrected chi connectivity index (χ2v) is 8.23. The number of carbonyl (C=O) groups excluding carboxylic acids is 1.